The number of amides is 2. The summed E-state index contributed by atoms with van der Waals surface area (Å²) in [5.41, 5.74) is 1.08. The third-order valence-electron chi connectivity index (χ3n) is 7.00. The van der Waals surface area contributed by atoms with E-state index in [0.717, 1.165) is 25.0 Å². The lowest BCUT2D eigenvalue weighted by molar-refractivity contribution is -0.133. The van der Waals surface area contributed by atoms with Crippen molar-refractivity contribution in [2.75, 3.05) is 66.5 Å². The zero-order valence-corrected chi connectivity index (χ0v) is 22.2. The highest BCUT2D eigenvalue weighted by Gasteiger charge is 2.27. The first-order valence-electron chi connectivity index (χ1n) is 13.0. The molecule has 0 unspecified atom stereocenters. The van der Waals surface area contributed by atoms with Crippen LogP contribution >= 0.6 is 0 Å². The molecule has 0 spiro atoms. The topological polar surface area (TPSA) is 92.8 Å². The lowest BCUT2D eigenvalue weighted by Crippen LogP contribution is -2.53. The Balaban J connectivity index is 1.40. The van der Waals surface area contributed by atoms with Gasteiger partial charge in [-0.3, -0.25) is 19.3 Å². The molecule has 1 N–H and O–H groups in total. The third kappa shape index (κ3) is 6.43. The number of carbonyl (C=O) groups excluding carboxylic acids is 2. The zero-order valence-electron chi connectivity index (χ0n) is 22.2. The molecular weight excluding hydrogens is 487 g/mol. The van der Waals surface area contributed by atoms with E-state index >= 15 is 0 Å². The van der Waals surface area contributed by atoms with E-state index < -0.39 is 11.7 Å². The van der Waals surface area contributed by atoms with E-state index in [2.05, 4.69) is 20.0 Å². The van der Waals surface area contributed by atoms with Crippen molar-refractivity contribution >= 4 is 22.6 Å². The number of halogens is 1. The van der Waals surface area contributed by atoms with Crippen LogP contribution < -0.4 is 5.56 Å². The first kappa shape index (κ1) is 27.4. The monoisotopic (exact) mass is 522 g/mol. The van der Waals surface area contributed by atoms with E-state index in [1.54, 1.807) is 34.1 Å². The molecule has 2 heterocycles. The fraction of sp³-hybridized carbons (Fsp3) is 0.429. The molecule has 4 rings (SSSR count). The van der Waals surface area contributed by atoms with Gasteiger partial charge in [0.15, 0.2) is 0 Å². The normalized spacial score (nSPS) is 14.1. The molecule has 38 heavy (non-hydrogen) atoms. The number of nitrogens with one attached hydrogen (secondary N) is 1. The highest BCUT2D eigenvalue weighted by Crippen LogP contribution is 2.20. The summed E-state index contributed by atoms with van der Waals surface area (Å²) in [4.78, 5) is 45.7. The van der Waals surface area contributed by atoms with Crippen molar-refractivity contribution in [2.45, 2.75) is 13.3 Å². The van der Waals surface area contributed by atoms with Crippen LogP contribution in [0.3, 0.4) is 0 Å². The van der Waals surface area contributed by atoms with E-state index in [0.29, 0.717) is 55.8 Å². The summed E-state index contributed by atoms with van der Waals surface area (Å²) in [6, 6.07) is 11.6. The van der Waals surface area contributed by atoms with Crippen LogP contribution in [0, 0.1) is 5.82 Å². The molecule has 1 aliphatic heterocycles. The van der Waals surface area contributed by atoms with Crippen molar-refractivity contribution in [3.8, 4) is 0 Å². The Morgan fingerprint density at radius 2 is 1.68 bits per heavy atom. The molecule has 0 radical (unpaired) electrons. The van der Waals surface area contributed by atoms with Gasteiger partial charge in [-0.15, -0.1) is 0 Å². The fourth-order valence-corrected chi connectivity index (χ4v) is 4.66. The van der Waals surface area contributed by atoms with Crippen molar-refractivity contribution < 1.29 is 14.0 Å². The molecule has 2 aromatic carbocycles. The van der Waals surface area contributed by atoms with E-state index in [1.807, 2.05) is 33.2 Å². The Morgan fingerprint density at radius 1 is 1.00 bits per heavy atom. The maximum atomic E-state index is 14.8. The van der Waals surface area contributed by atoms with Crippen LogP contribution in [0.25, 0.3) is 10.8 Å². The number of likely N-dealkylation sites (N-methyl/N-ethyl adjacent to an activating group) is 2. The molecule has 0 aliphatic carbocycles. The summed E-state index contributed by atoms with van der Waals surface area (Å²) in [7, 11) is 4.01. The Hall–Kier alpha value is -3.63. The molecule has 9 nitrogen and oxygen atoms in total. The van der Waals surface area contributed by atoms with Gasteiger partial charge in [-0.05, 0) is 44.4 Å². The second-order valence-corrected chi connectivity index (χ2v) is 9.88. The van der Waals surface area contributed by atoms with Gasteiger partial charge >= 0.3 is 0 Å². The SMILES string of the molecule is CCN(CCN(C)C)CC(=O)N1CCN(C(=O)c2cc(Cc3n[nH]c(=O)c4ccccc34)ccc2F)CC1. The first-order valence-corrected chi connectivity index (χ1v) is 13.0. The zero-order chi connectivity index (χ0) is 27.2. The van der Waals surface area contributed by atoms with Crippen LogP contribution in [-0.4, -0.2) is 108 Å². The van der Waals surface area contributed by atoms with Crippen molar-refractivity contribution in [2.24, 2.45) is 0 Å². The van der Waals surface area contributed by atoms with Gasteiger partial charge in [-0.2, -0.15) is 5.10 Å². The first-order chi connectivity index (χ1) is 18.3. The molecule has 0 saturated carbocycles. The smallest absolute Gasteiger partial charge is 0.272 e. The number of fused-ring (bicyclic) bond motifs is 1. The number of hydrogen-bond acceptors (Lipinski definition) is 6. The van der Waals surface area contributed by atoms with Crippen molar-refractivity contribution in [1.82, 2.24) is 29.8 Å². The van der Waals surface area contributed by atoms with Crippen molar-refractivity contribution in [3.63, 3.8) is 0 Å². The van der Waals surface area contributed by atoms with Crippen LogP contribution in [0.2, 0.25) is 0 Å². The highest BCUT2D eigenvalue weighted by molar-refractivity contribution is 5.95. The maximum absolute atomic E-state index is 14.8. The van der Waals surface area contributed by atoms with Crippen LogP contribution in [0.5, 0.6) is 0 Å². The third-order valence-corrected chi connectivity index (χ3v) is 7.00. The Kier molecular flexibility index (Phi) is 8.85. The minimum absolute atomic E-state index is 0.00292. The predicted octanol–water partition coefficient (Wildman–Crippen LogP) is 1.82. The minimum atomic E-state index is -0.587. The van der Waals surface area contributed by atoms with Gasteiger partial charge in [-0.25, -0.2) is 9.49 Å². The second-order valence-electron chi connectivity index (χ2n) is 9.88. The average molecular weight is 523 g/mol. The Morgan fingerprint density at radius 3 is 2.37 bits per heavy atom. The van der Waals surface area contributed by atoms with Crippen molar-refractivity contribution in [1.29, 1.82) is 0 Å². The number of benzene rings is 2. The van der Waals surface area contributed by atoms with Gasteiger partial charge in [0.25, 0.3) is 11.5 Å². The van der Waals surface area contributed by atoms with E-state index in [4.69, 9.17) is 0 Å². The summed E-state index contributed by atoms with van der Waals surface area (Å²) in [6.45, 7) is 6.41. The number of piperazine rings is 1. The maximum Gasteiger partial charge on any atom is 0.272 e. The van der Waals surface area contributed by atoms with Gasteiger partial charge in [0.1, 0.15) is 5.82 Å². The Labute approximate surface area is 221 Å². The number of nitrogens with zero attached hydrogens (tertiary/aromatic N) is 5. The number of H-pyrrole nitrogens is 1. The molecule has 1 saturated heterocycles. The molecule has 1 fully saturated rings. The summed E-state index contributed by atoms with van der Waals surface area (Å²) in [5.74, 6) is -0.931. The largest absolute Gasteiger partial charge is 0.338 e. The summed E-state index contributed by atoms with van der Waals surface area (Å²) < 4.78 is 14.8. The van der Waals surface area contributed by atoms with Crippen LogP contribution in [0.1, 0.15) is 28.5 Å². The number of aromatic amines is 1. The predicted molar refractivity (Wildman–Crippen MR) is 145 cm³/mol. The molecule has 1 aromatic heterocycles. The molecule has 1 aliphatic rings. The number of hydrogen-bond donors (Lipinski definition) is 1. The fourth-order valence-electron chi connectivity index (χ4n) is 4.66. The molecule has 10 heteroatoms. The van der Waals surface area contributed by atoms with Gasteiger partial charge in [-0.1, -0.05) is 31.2 Å². The van der Waals surface area contributed by atoms with E-state index in [1.165, 1.54) is 6.07 Å². The molecule has 202 valence electrons. The quantitative estimate of drug-likeness (QED) is 0.461. The van der Waals surface area contributed by atoms with Crippen LogP contribution in [-0.2, 0) is 11.2 Å². The Bertz CT molecular complexity index is 1350. The summed E-state index contributed by atoms with van der Waals surface area (Å²) >= 11 is 0. The molecule has 0 atom stereocenters. The minimum Gasteiger partial charge on any atom is -0.338 e. The number of carbonyl (C=O) groups is 2. The van der Waals surface area contributed by atoms with E-state index in [-0.39, 0.29) is 17.0 Å². The molecular formula is C28H35FN6O3. The lowest BCUT2D eigenvalue weighted by Gasteiger charge is -2.36. The van der Waals surface area contributed by atoms with Gasteiger partial charge in [0.2, 0.25) is 5.91 Å². The van der Waals surface area contributed by atoms with Crippen molar-refractivity contribution in [3.05, 3.63) is 75.5 Å². The summed E-state index contributed by atoms with van der Waals surface area (Å²) in [6.07, 6.45) is 0.335. The standard InChI is InChI=1S/C28H35FN6O3/c1-4-33(12-11-32(2)3)19-26(36)34-13-15-35(16-14-34)28(38)23-17-20(9-10-24(23)29)18-25-21-7-5-6-8-22(21)27(37)31-30-25/h5-10,17H,4,11-16,18-19H2,1-3H3,(H,31,37). The number of rotatable bonds is 9. The molecule has 3 aromatic rings. The lowest BCUT2D eigenvalue weighted by atomic mass is 10.0. The molecule has 0 bridgehead atoms. The van der Waals surface area contributed by atoms with Gasteiger partial charge in [0.05, 0.1) is 23.2 Å². The van der Waals surface area contributed by atoms with Gasteiger partial charge in [0, 0.05) is 51.1 Å². The second kappa shape index (κ2) is 12.3. The highest BCUT2D eigenvalue weighted by atomic mass is 19.1. The van der Waals surface area contributed by atoms with Crippen LogP contribution in [0.4, 0.5) is 4.39 Å². The average Bonchev–Trinajstić information content (AvgIpc) is 2.93. The number of aromatic nitrogens is 2. The molecule has 2 amide bonds. The van der Waals surface area contributed by atoms with Crippen LogP contribution in [0.15, 0.2) is 47.3 Å². The summed E-state index contributed by atoms with van der Waals surface area (Å²) in [5, 5.41) is 7.95. The van der Waals surface area contributed by atoms with Gasteiger partial charge < -0.3 is 14.7 Å². The van der Waals surface area contributed by atoms with E-state index in [9.17, 15) is 18.8 Å².